The van der Waals surface area contributed by atoms with E-state index in [0.29, 0.717) is 18.9 Å². The van der Waals surface area contributed by atoms with Crippen molar-refractivity contribution >= 4 is 41.5 Å². The van der Waals surface area contributed by atoms with Crippen molar-refractivity contribution in [2.45, 2.75) is 53.0 Å². The molecule has 170 valence electrons. The number of nitrogens with one attached hydrogen (secondary N) is 2. The molecule has 6 nitrogen and oxygen atoms in total. The molecular formula is C23H39IN4O2. The zero-order chi connectivity index (χ0) is 21.1. The highest BCUT2D eigenvalue weighted by Gasteiger charge is 2.15. The summed E-state index contributed by atoms with van der Waals surface area (Å²) in [6.07, 6.45) is 4.03. The Bertz CT molecular complexity index is 660. The monoisotopic (exact) mass is 530 g/mol. The third-order valence-corrected chi connectivity index (χ3v) is 5.13. The lowest BCUT2D eigenvalue weighted by Crippen LogP contribution is -2.40. The molecule has 0 atom stereocenters. The van der Waals surface area contributed by atoms with Gasteiger partial charge in [-0.3, -0.25) is 4.79 Å². The van der Waals surface area contributed by atoms with Crippen LogP contribution in [0, 0.1) is 11.8 Å². The van der Waals surface area contributed by atoms with Gasteiger partial charge in [0.1, 0.15) is 0 Å². The summed E-state index contributed by atoms with van der Waals surface area (Å²) in [7, 11) is 2.10. The molecule has 1 aromatic rings. The molecule has 1 aliphatic rings. The van der Waals surface area contributed by atoms with Crippen LogP contribution in [0.15, 0.2) is 29.3 Å². The minimum atomic E-state index is 0. The number of ether oxygens (including phenoxy) is 1. The van der Waals surface area contributed by atoms with Crippen molar-refractivity contribution in [1.82, 2.24) is 10.2 Å². The van der Waals surface area contributed by atoms with Gasteiger partial charge in [-0.1, -0.05) is 26.0 Å². The Balaban J connectivity index is 0.00000450. The van der Waals surface area contributed by atoms with Crippen molar-refractivity contribution in [1.29, 1.82) is 0 Å². The average Bonchev–Trinajstić information content (AvgIpc) is 2.69. The number of aliphatic imine (C=N–C) groups is 1. The minimum Gasteiger partial charge on any atom is -0.381 e. The molecule has 0 aromatic heterocycles. The van der Waals surface area contributed by atoms with E-state index in [0.717, 1.165) is 62.3 Å². The lowest BCUT2D eigenvalue weighted by atomic mass is 9.96. The smallest absolute Gasteiger partial charge is 0.224 e. The molecule has 30 heavy (non-hydrogen) atoms. The Morgan fingerprint density at radius 2 is 2.03 bits per heavy atom. The van der Waals surface area contributed by atoms with E-state index in [9.17, 15) is 4.79 Å². The summed E-state index contributed by atoms with van der Waals surface area (Å²) in [6, 6.07) is 7.95. The first kappa shape index (κ1) is 26.7. The molecule has 0 saturated carbocycles. The highest BCUT2D eigenvalue weighted by Crippen LogP contribution is 2.18. The molecular weight excluding hydrogens is 491 g/mol. The van der Waals surface area contributed by atoms with Gasteiger partial charge in [0.2, 0.25) is 5.91 Å². The van der Waals surface area contributed by atoms with E-state index >= 15 is 0 Å². The Labute approximate surface area is 199 Å². The van der Waals surface area contributed by atoms with E-state index in [1.807, 2.05) is 38.1 Å². The average molecular weight is 530 g/mol. The fraction of sp³-hybridized carbons (Fsp3) is 0.652. The number of amides is 1. The molecule has 1 amide bonds. The van der Waals surface area contributed by atoms with Crippen LogP contribution >= 0.6 is 24.0 Å². The topological polar surface area (TPSA) is 66.0 Å². The maximum Gasteiger partial charge on any atom is 0.224 e. The Morgan fingerprint density at radius 1 is 1.30 bits per heavy atom. The van der Waals surface area contributed by atoms with Crippen LogP contribution in [0.1, 0.15) is 52.0 Å². The number of anilines is 1. The standard InChI is InChI=1S/C23H38N4O2.HI/c1-5-24-23(27(4)12-9-19-10-13-29-14-11-19)25-17-20-7-6-8-21(16-20)26-22(28)15-18(2)3;/h6-8,16,18-19H,5,9-15,17H2,1-4H3,(H,24,25)(H,26,28);1H. The van der Waals surface area contributed by atoms with Gasteiger partial charge in [-0.25, -0.2) is 4.99 Å². The zero-order valence-corrected chi connectivity index (χ0v) is 21.3. The normalized spacial score (nSPS) is 14.9. The molecule has 1 heterocycles. The van der Waals surface area contributed by atoms with Crippen molar-refractivity contribution < 1.29 is 9.53 Å². The minimum absolute atomic E-state index is 0. The van der Waals surface area contributed by atoms with Gasteiger partial charge >= 0.3 is 0 Å². The first-order chi connectivity index (χ1) is 14.0. The van der Waals surface area contributed by atoms with Gasteiger partial charge in [0.05, 0.1) is 6.54 Å². The number of hydrogen-bond acceptors (Lipinski definition) is 3. The summed E-state index contributed by atoms with van der Waals surface area (Å²) in [5.41, 5.74) is 1.92. The maximum atomic E-state index is 12.0. The molecule has 2 N–H and O–H groups in total. The fourth-order valence-electron chi connectivity index (χ4n) is 3.48. The van der Waals surface area contributed by atoms with E-state index in [1.165, 1.54) is 6.42 Å². The molecule has 0 radical (unpaired) electrons. The molecule has 0 unspecified atom stereocenters. The highest BCUT2D eigenvalue weighted by atomic mass is 127. The largest absolute Gasteiger partial charge is 0.381 e. The van der Waals surface area contributed by atoms with Gasteiger partial charge in [-0.05, 0) is 55.7 Å². The number of benzene rings is 1. The summed E-state index contributed by atoms with van der Waals surface area (Å²) < 4.78 is 5.46. The van der Waals surface area contributed by atoms with E-state index < -0.39 is 0 Å². The maximum absolute atomic E-state index is 12.0. The quantitative estimate of drug-likeness (QED) is 0.280. The van der Waals surface area contributed by atoms with Gasteiger partial charge < -0.3 is 20.3 Å². The third-order valence-electron chi connectivity index (χ3n) is 5.13. The number of carbonyl (C=O) groups excluding carboxylic acids is 1. The van der Waals surface area contributed by atoms with Crippen LogP contribution in [-0.4, -0.2) is 50.1 Å². The van der Waals surface area contributed by atoms with E-state index in [-0.39, 0.29) is 29.9 Å². The summed E-state index contributed by atoms with van der Waals surface area (Å²) in [4.78, 5) is 19.0. The van der Waals surface area contributed by atoms with E-state index in [4.69, 9.17) is 9.73 Å². The van der Waals surface area contributed by atoms with Crippen molar-refractivity contribution in [3.8, 4) is 0 Å². The number of halogens is 1. The molecule has 0 spiro atoms. The lowest BCUT2D eigenvalue weighted by Gasteiger charge is -2.26. The molecule has 7 heteroatoms. The van der Waals surface area contributed by atoms with Crippen molar-refractivity contribution in [2.24, 2.45) is 16.8 Å². The van der Waals surface area contributed by atoms with Crippen LogP contribution in [0.2, 0.25) is 0 Å². The van der Waals surface area contributed by atoms with Crippen molar-refractivity contribution in [3.63, 3.8) is 0 Å². The van der Waals surface area contributed by atoms with Crippen LogP contribution in [0.5, 0.6) is 0 Å². The van der Waals surface area contributed by atoms with E-state index in [1.54, 1.807) is 0 Å². The third kappa shape index (κ3) is 10.1. The zero-order valence-electron chi connectivity index (χ0n) is 18.9. The number of hydrogen-bond donors (Lipinski definition) is 2. The first-order valence-electron chi connectivity index (χ1n) is 10.9. The second-order valence-electron chi connectivity index (χ2n) is 8.28. The second-order valence-corrected chi connectivity index (χ2v) is 8.28. The molecule has 2 rings (SSSR count). The predicted molar refractivity (Wildman–Crippen MR) is 136 cm³/mol. The Morgan fingerprint density at radius 3 is 2.70 bits per heavy atom. The number of rotatable bonds is 9. The van der Waals surface area contributed by atoms with Crippen molar-refractivity contribution in [2.75, 3.05) is 38.7 Å². The fourth-order valence-corrected chi connectivity index (χ4v) is 3.48. The van der Waals surface area contributed by atoms with Crippen molar-refractivity contribution in [3.05, 3.63) is 29.8 Å². The van der Waals surface area contributed by atoms with Crippen LogP contribution in [-0.2, 0) is 16.1 Å². The highest BCUT2D eigenvalue weighted by molar-refractivity contribution is 14.0. The van der Waals surface area contributed by atoms with Gasteiger partial charge in [0.25, 0.3) is 0 Å². The number of nitrogens with zero attached hydrogens (tertiary/aromatic N) is 2. The summed E-state index contributed by atoms with van der Waals surface area (Å²) in [5.74, 6) is 2.08. The van der Waals surface area contributed by atoms with Gasteiger partial charge in [-0.15, -0.1) is 24.0 Å². The second kappa shape index (κ2) is 14.6. The van der Waals surface area contributed by atoms with Crippen LogP contribution < -0.4 is 10.6 Å². The van der Waals surface area contributed by atoms with Crippen LogP contribution in [0.3, 0.4) is 0 Å². The van der Waals surface area contributed by atoms with Gasteiger partial charge in [0.15, 0.2) is 5.96 Å². The number of carbonyl (C=O) groups is 1. The summed E-state index contributed by atoms with van der Waals surface area (Å²) in [5, 5.41) is 6.37. The molecule has 1 aromatic carbocycles. The predicted octanol–water partition coefficient (Wildman–Crippen LogP) is 4.50. The molecule has 1 saturated heterocycles. The molecule has 1 aliphatic heterocycles. The summed E-state index contributed by atoms with van der Waals surface area (Å²) in [6.45, 7) is 10.4. The molecule has 0 bridgehead atoms. The molecule has 0 aliphatic carbocycles. The van der Waals surface area contributed by atoms with Gasteiger partial charge in [0, 0.05) is 45.5 Å². The number of guanidine groups is 1. The molecule has 1 fully saturated rings. The van der Waals surface area contributed by atoms with Crippen LogP contribution in [0.4, 0.5) is 5.69 Å². The van der Waals surface area contributed by atoms with E-state index in [2.05, 4.69) is 29.5 Å². The Hall–Kier alpha value is -1.35. The van der Waals surface area contributed by atoms with Crippen LogP contribution in [0.25, 0.3) is 0 Å². The Kier molecular flexibility index (Phi) is 13.0. The first-order valence-corrected chi connectivity index (χ1v) is 10.9. The summed E-state index contributed by atoms with van der Waals surface area (Å²) >= 11 is 0. The SMILES string of the molecule is CCNC(=NCc1cccc(NC(=O)CC(C)C)c1)N(C)CCC1CCOCC1.I. The van der Waals surface area contributed by atoms with Gasteiger partial charge in [-0.2, -0.15) is 0 Å². The lowest BCUT2D eigenvalue weighted by molar-refractivity contribution is -0.116.